The molecule has 8 heteroatoms. The molecule has 1 aromatic carbocycles. The second-order valence-electron chi connectivity index (χ2n) is 9.43. The van der Waals surface area contributed by atoms with E-state index < -0.39 is 0 Å². The number of aromatic nitrogens is 4. The SMILES string of the molecule is Nc1ccccc1Cc1nc2c(N)nc(NC3CCC(N)CC3)nc2n1C1CCCCC1. The number of imidazole rings is 1. The number of nitrogens with one attached hydrogen (secondary N) is 1. The molecule has 0 radical (unpaired) electrons. The number of nitrogens with zero attached hydrogens (tertiary/aromatic N) is 4. The number of nitrogens with two attached hydrogens (primary N) is 3. The van der Waals surface area contributed by atoms with Crippen LogP contribution in [0, 0.1) is 0 Å². The summed E-state index contributed by atoms with van der Waals surface area (Å²) in [5.41, 5.74) is 22.1. The van der Waals surface area contributed by atoms with Gasteiger partial charge < -0.3 is 27.1 Å². The summed E-state index contributed by atoms with van der Waals surface area (Å²) in [5, 5.41) is 3.51. The first kappa shape index (κ1) is 21.0. The van der Waals surface area contributed by atoms with E-state index in [1.807, 2.05) is 18.2 Å². The molecule has 170 valence electrons. The highest BCUT2D eigenvalue weighted by atomic mass is 15.2. The molecule has 32 heavy (non-hydrogen) atoms. The van der Waals surface area contributed by atoms with Crippen LogP contribution in [0.1, 0.15) is 75.2 Å². The minimum Gasteiger partial charge on any atom is -0.398 e. The summed E-state index contributed by atoms with van der Waals surface area (Å²) in [5.74, 6) is 1.99. The Hall–Kier alpha value is -2.87. The number of anilines is 3. The Morgan fingerprint density at radius 3 is 2.41 bits per heavy atom. The van der Waals surface area contributed by atoms with Gasteiger partial charge in [0, 0.05) is 30.2 Å². The third-order valence-corrected chi connectivity index (χ3v) is 7.09. The van der Waals surface area contributed by atoms with Crippen molar-refractivity contribution in [1.29, 1.82) is 0 Å². The second kappa shape index (κ2) is 8.94. The first-order valence-electron chi connectivity index (χ1n) is 12.0. The van der Waals surface area contributed by atoms with Gasteiger partial charge in [-0.05, 0) is 50.2 Å². The van der Waals surface area contributed by atoms with E-state index in [0.717, 1.165) is 61.2 Å². The van der Waals surface area contributed by atoms with Gasteiger partial charge in [0.05, 0.1) is 0 Å². The fourth-order valence-corrected chi connectivity index (χ4v) is 5.26. The average molecular weight is 435 g/mol. The first-order chi connectivity index (χ1) is 15.6. The molecular formula is C24H34N8. The van der Waals surface area contributed by atoms with E-state index in [1.165, 1.54) is 19.3 Å². The maximum absolute atomic E-state index is 6.41. The topological polar surface area (TPSA) is 134 Å². The van der Waals surface area contributed by atoms with E-state index in [4.69, 9.17) is 27.2 Å². The molecule has 2 fully saturated rings. The smallest absolute Gasteiger partial charge is 0.226 e. The van der Waals surface area contributed by atoms with Gasteiger partial charge >= 0.3 is 0 Å². The minimum absolute atomic E-state index is 0.308. The van der Waals surface area contributed by atoms with Gasteiger partial charge in [0.15, 0.2) is 17.0 Å². The van der Waals surface area contributed by atoms with Crippen LogP contribution in [0.4, 0.5) is 17.5 Å². The third kappa shape index (κ3) is 4.24. The Morgan fingerprint density at radius 2 is 1.66 bits per heavy atom. The van der Waals surface area contributed by atoms with E-state index in [2.05, 4.69) is 20.9 Å². The molecule has 0 spiro atoms. The van der Waals surface area contributed by atoms with Crippen molar-refractivity contribution in [3.05, 3.63) is 35.7 Å². The third-order valence-electron chi connectivity index (χ3n) is 7.09. The molecule has 5 rings (SSSR count). The Balaban J connectivity index is 1.54. The monoisotopic (exact) mass is 434 g/mol. The van der Waals surface area contributed by atoms with Crippen molar-refractivity contribution in [3.8, 4) is 0 Å². The van der Waals surface area contributed by atoms with Gasteiger partial charge in [-0.3, -0.25) is 0 Å². The van der Waals surface area contributed by atoms with Crippen molar-refractivity contribution in [1.82, 2.24) is 19.5 Å². The summed E-state index contributed by atoms with van der Waals surface area (Å²) in [6.45, 7) is 0. The average Bonchev–Trinajstić information content (AvgIpc) is 3.16. The Morgan fingerprint density at radius 1 is 0.906 bits per heavy atom. The molecule has 0 amide bonds. The van der Waals surface area contributed by atoms with Gasteiger partial charge in [0.2, 0.25) is 5.95 Å². The summed E-state index contributed by atoms with van der Waals surface area (Å²) in [6, 6.07) is 9.01. The summed E-state index contributed by atoms with van der Waals surface area (Å²) in [4.78, 5) is 14.4. The number of hydrogen-bond acceptors (Lipinski definition) is 7. The molecule has 3 aromatic rings. The largest absolute Gasteiger partial charge is 0.398 e. The van der Waals surface area contributed by atoms with Crippen LogP contribution in [0.2, 0.25) is 0 Å². The number of nitrogen functional groups attached to an aromatic ring is 2. The van der Waals surface area contributed by atoms with Crippen molar-refractivity contribution in [3.63, 3.8) is 0 Å². The summed E-state index contributed by atoms with van der Waals surface area (Å²) < 4.78 is 2.32. The lowest BCUT2D eigenvalue weighted by Gasteiger charge is -2.27. The zero-order valence-electron chi connectivity index (χ0n) is 18.6. The van der Waals surface area contributed by atoms with Crippen LogP contribution in [-0.4, -0.2) is 31.6 Å². The lowest BCUT2D eigenvalue weighted by Crippen LogP contribution is -2.33. The number of benzene rings is 1. The molecule has 8 nitrogen and oxygen atoms in total. The number of fused-ring (bicyclic) bond motifs is 1. The Bertz CT molecular complexity index is 1080. The van der Waals surface area contributed by atoms with Gasteiger partial charge in [-0.2, -0.15) is 9.97 Å². The van der Waals surface area contributed by atoms with Gasteiger partial charge in [-0.1, -0.05) is 37.5 Å². The molecule has 2 aromatic heterocycles. The number of hydrogen-bond donors (Lipinski definition) is 4. The molecule has 7 N–H and O–H groups in total. The molecule has 2 heterocycles. The van der Waals surface area contributed by atoms with Crippen molar-refractivity contribution in [2.45, 2.75) is 82.3 Å². The zero-order chi connectivity index (χ0) is 22.1. The van der Waals surface area contributed by atoms with Crippen LogP contribution in [0.15, 0.2) is 24.3 Å². The van der Waals surface area contributed by atoms with Crippen LogP contribution in [0.3, 0.4) is 0 Å². The van der Waals surface area contributed by atoms with Crippen molar-refractivity contribution in [2.24, 2.45) is 5.73 Å². The van der Waals surface area contributed by atoms with E-state index >= 15 is 0 Å². The molecule has 2 aliphatic rings. The highest BCUT2D eigenvalue weighted by molar-refractivity contribution is 5.83. The first-order valence-corrected chi connectivity index (χ1v) is 12.0. The molecule has 0 unspecified atom stereocenters. The van der Waals surface area contributed by atoms with E-state index in [0.29, 0.717) is 41.8 Å². The number of para-hydroxylation sites is 1. The lowest BCUT2D eigenvalue weighted by molar-refractivity contribution is 0.352. The van der Waals surface area contributed by atoms with Crippen LogP contribution >= 0.6 is 0 Å². The quantitative estimate of drug-likeness (QED) is 0.449. The predicted molar refractivity (Wildman–Crippen MR) is 129 cm³/mol. The van der Waals surface area contributed by atoms with Gasteiger partial charge in [-0.25, -0.2) is 4.98 Å². The lowest BCUT2D eigenvalue weighted by atomic mass is 9.92. The molecule has 2 saturated carbocycles. The normalized spacial score (nSPS) is 22.3. The molecule has 0 aliphatic heterocycles. The van der Waals surface area contributed by atoms with E-state index in [-0.39, 0.29) is 0 Å². The predicted octanol–water partition coefficient (Wildman–Crippen LogP) is 3.77. The van der Waals surface area contributed by atoms with Crippen molar-refractivity contribution < 1.29 is 0 Å². The molecule has 0 saturated heterocycles. The van der Waals surface area contributed by atoms with Crippen LogP contribution in [0.5, 0.6) is 0 Å². The van der Waals surface area contributed by atoms with Crippen LogP contribution in [0.25, 0.3) is 11.2 Å². The highest BCUT2D eigenvalue weighted by Gasteiger charge is 2.26. The highest BCUT2D eigenvalue weighted by Crippen LogP contribution is 2.34. The molecule has 0 atom stereocenters. The fourth-order valence-electron chi connectivity index (χ4n) is 5.26. The minimum atomic E-state index is 0.308. The maximum atomic E-state index is 6.41. The van der Waals surface area contributed by atoms with Gasteiger partial charge in [-0.15, -0.1) is 0 Å². The Labute approximate surface area is 189 Å². The number of rotatable bonds is 5. The van der Waals surface area contributed by atoms with Crippen LogP contribution in [-0.2, 0) is 6.42 Å². The summed E-state index contributed by atoms with van der Waals surface area (Å²) in [6.07, 6.45) is 10.8. The second-order valence-corrected chi connectivity index (χ2v) is 9.43. The summed E-state index contributed by atoms with van der Waals surface area (Å²) >= 11 is 0. The standard InChI is InChI=1S/C24H34N8/c25-16-10-12-17(13-11-16)28-24-30-22(27)21-23(31-24)32(18-7-2-1-3-8-18)20(29-21)14-15-6-4-5-9-19(15)26/h4-6,9,16-18H,1-3,7-8,10-14,25-26H2,(H3,27,28,30,31). The fraction of sp³-hybridized carbons (Fsp3) is 0.542. The zero-order valence-corrected chi connectivity index (χ0v) is 18.6. The Kier molecular flexibility index (Phi) is 5.87. The van der Waals surface area contributed by atoms with Crippen molar-refractivity contribution >= 4 is 28.6 Å². The van der Waals surface area contributed by atoms with E-state index in [1.54, 1.807) is 0 Å². The molecular weight excluding hydrogens is 400 g/mol. The van der Waals surface area contributed by atoms with Crippen molar-refractivity contribution in [2.75, 3.05) is 16.8 Å². The summed E-state index contributed by atoms with van der Waals surface area (Å²) in [7, 11) is 0. The van der Waals surface area contributed by atoms with E-state index in [9.17, 15) is 0 Å². The molecule has 0 bridgehead atoms. The van der Waals surface area contributed by atoms with Crippen LogP contribution < -0.4 is 22.5 Å². The molecule has 2 aliphatic carbocycles. The van der Waals surface area contributed by atoms with Gasteiger partial charge in [0.1, 0.15) is 5.82 Å². The van der Waals surface area contributed by atoms with Gasteiger partial charge in [0.25, 0.3) is 0 Å². The maximum Gasteiger partial charge on any atom is 0.226 e.